The number of rotatable bonds is 5. The van der Waals surface area contributed by atoms with Crippen molar-refractivity contribution in [2.75, 3.05) is 17.7 Å². The lowest BCUT2D eigenvalue weighted by Crippen LogP contribution is -2.20. The standard InChI is InChI=1S/C19H15N3O5S/c1-27-18(23)17-15(11-16(28-17)12-5-3-2-4-6-12)21-19(24)20-13-7-9-14(10-8-13)22(25)26/h2-11H,1H3,(H2,20,21,24). The normalized spacial score (nSPS) is 10.2. The van der Waals surface area contributed by atoms with E-state index in [9.17, 15) is 19.7 Å². The van der Waals surface area contributed by atoms with E-state index in [4.69, 9.17) is 4.74 Å². The summed E-state index contributed by atoms with van der Waals surface area (Å²) < 4.78 is 4.80. The van der Waals surface area contributed by atoms with E-state index in [0.717, 1.165) is 10.4 Å². The zero-order valence-electron chi connectivity index (χ0n) is 14.7. The van der Waals surface area contributed by atoms with E-state index < -0.39 is 16.9 Å². The molecule has 0 saturated carbocycles. The van der Waals surface area contributed by atoms with Gasteiger partial charge in [-0.2, -0.15) is 0 Å². The molecule has 0 aliphatic heterocycles. The molecule has 0 radical (unpaired) electrons. The van der Waals surface area contributed by atoms with Gasteiger partial charge in [-0.15, -0.1) is 11.3 Å². The van der Waals surface area contributed by atoms with Crippen LogP contribution in [0.15, 0.2) is 60.7 Å². The number of nitrogens with zero attached hydrogens (tertiary/aromatic N) is 1. The number of nitro benzene ring substituents is 1. The summed E-state index contributed by atoms with van der Waals surface area (Å²) in [5, 5.41) is 15.9. The Hall–Kier alpha value is -3.72. The van der Waals surface area contributed by atoms with Gasteiger partial charge >= 0.3 is 12.0 Å². The van der Waals surface area contributed by atoms with Gasteiger partial charge in [-0.25, -0.2) is 9.59 Å². The van der Waals surface area contributed by atoms with Crippen molar-refractivity contribution in [2.24, 2.45) is 0 Å². The van der Waals surface area contributed by atoms with E-state index in [2.05, 4.69) is 10.6 Å². The van der Waals surface area contributed by atoms with Gasteiger partial charge in [-0.1, -0.05) is 30.3 Å². The van der Waals surface area contributed by atoms with Crippen LogP contribution in [0.3, 0.4) is 0 Å². The number of amides is 2. The van der Waals surface area contributed by atoms with Gasteiger partial charge < -0.3 is 15.4 Å². The molecule has 0 saturated heterocycles. The summed E-state index contributed by atoms with van der Waals surface area (Å²) in [6.45, 7) is 0. The lowest BCUT2D eigenvalue weighted by atomic mass is 10.2. The molecule has 2 N–H and O–H groups in total. The number of nitrogens with one attached hydrogen (secondary N) is 2. The Labute approximate surface area is 163 Å². The second-order valence-electron chi connectivity index (χ2n) is 5.59. The zero-order valence-corrected chi connectivity index (χ0v) is 15.5. The number of ether oxygens (including phenoxy) is 1. The minimum Gasteiger partial charge on any atom is -0.465 e. The van der Waals surface area contributed by atoms with Crippen LogP contribution in [-0.2, 0) is 4.74 Å². The van der Waals surface area contributed by atoms with Crippen LogP contribution < -0.4 is 10.6 Å². The van der Waals surface area contributed by atoms with Gasteiger partial charge in [-0.05, 0) is 23.8 Å². The van der Waals surface area contributed by atoms with Crippen molar-refractivity contribution in [3.8, 4) is 10.4 Å². The maximum absolute atomic E-state index is 12.3. The first-order chi connectivity index (χ1) is 13.5. The van der Waals surface area contributed by atoms with Crippen molar-refractivity contribution >= 4 is 40.4 Å². The molecule has 0 aliphatic rings. The average molecular weight is 397 g/mol. The van der Waals surface area contributed by atoms with E-state index in [1.807, 2.05) is 30.3 Å². The predicted molar refractivity (Wildman–Crippen MR) is 107 cm³/mol. The molecule has 2 amide bonds. The number of hydrogen-bond donors (Lipinski definition) is 2. The summed E-state index contributed by atoms with van der Waals surface area (Å²) in [5.74, 6) is -0.558. The van der Waals surface area contributed by atoms with E-state index in [0.29, 0.717) is 11.4 Å². The minimum atomic E-state index is -0.587. The van der Waals surface area contributed by atoms with Crippen molar-refractivity contribution in [3.63, 3.8) is 0 Å². The summed E-state index contributed by atoms with van der Waals surface area (Å²) in [7, 11) is 1.27. The van der Waals surface area contributed by atoms with Crippen LogP contribution in [0, 0.1) is 10.1 Å². The average Bonchev–Trinajstić information content (AvgIpc) is 3.12. The van der Waals surface area contributed by atoms with Crippen molar-refractivity contribution in [2.45, 2.75) is 0 Å². The summed E-state index contributed by atoms with van der Waals surface area (Å²) in [6, 6.07) is 15.9. The lowest BCUT2D eigenvalue weighted by molar-refractivity contribution is -0.384. The fourth-order valence-electron chi connectivity index (χ4n) is 2.42. The molecule has 0 spiro atoms. The van der Waals surface area contributed by atoms with Crippen LogP contribution in [0.25, 0.3) is 10.4 Å². The number of non-ortho nitro benzene ring substituents is 1. The molecule has 142 valence electrons. The molecule has 1 aromatic heterocycles. The van der Waals surface area contributed by atoms with E-state index in [-0.39, 0.29) is 10.6 Å². The Morgan fingerprint density at radius 1 is 1.04 bits per heavy atom. The van der Waals surface area contributed by atoms with Gasteiger partial charge in [0, 0.05) is 22.7 Å². The number of hydrogen-bond acceptors (Lipinski definition) is 6. The molecule has 0 aliphatic carbocycles. The van der Waals surface area contributed by atoms with Gasteiger partial charge in [0.15, 0.2) is 0 Å². The highest BCUT2D eigenvalue weighted by molar-refractivity contribution is 7.18. The molecular formula is C19H15N3O5S. The first-order valence-corrected chi connectivity index (χ1v) is 8.89. The highest BCUT2D eigenvalue weighted by atomic mass is 32.1. The van der Waals surface area contributed by atoms with Crippen LogP contribution in [0.5, 0.6) is 0 Å². The summed E-state index contributed by atoms with van der Waals surface area (Å²) in [4.78, 5) is 35.6. The summed E-state index contributed by atoms with van der Waals surface area (Å²) >= 11 is 1.21. The number of carbonyl (C=O) groups is 2. The van der Waals surface area contributed by atoms with Crippen LogP contribution >= 0.6 is 11.3 Å². The molecule has 3 rings (SSSR count). The molecule has 0 bridgehead atoms. The summed E-state index contributed by atoms with van der Waals surface area (Å²) in [6.07, 6.45) is 0. The lowest BCUT2D eigenvalue weighted by Gasteiger charge is -2.07. The Bertz CT molecular complexity index is 1020. The fraction of sp³-hybridized carbons (Fsp3) is 0.0526. The van der Waals surface area contributed by atoms with Crippen LogP contribution in [-0.4, -0.2) is 24.0 Å². The second kappa shape index (κ2) is 8.31. The molecule has 9 heteroatoms. The molecule has 1 heterocycles. The number of thiophene rings is 1. The monoisotopic (exact) mass is 397 g/mol. The predicted octanol–water partition coefficient (Wildman–Crippen LogP) is 4.75. The van der Waals surface area contributed by atoms with E-state index >= 15 is 0 Å². The van der Waals surface area contributed by atoms with Gasteiger partial charge in [0.2, 0.25) is 0 Å². The Morgan fingerprint density at radius 3 is 2.32 bits per heavy atom. The topological polar surface area (TPSA) is 111 Å². The molecule has 0 atom stereocenters. The molecule has 3 aromatic rings. The maximum Gasteiger partial charge on any atom is 0.350 e. The van der Waals surface area contributed by atoms with Gasteiger partial charge in [0.05, 0.1) is 17.7 Å². The quantitative estimate of drug-likeness (QED) is 0.366. The van der Waals surface area contributed by atoms with Crippen LogP contribution in [0.4, 0.5) is 21.9 Å². The molecule has 0 fully saturated rings. The number of carbonyl (C=O) groups excluding carboxylic acids is 2. The van der Waals surface area contributed by atoms with Crippen molar-refractivity contribution in [1.82, 2.24) is 0 Å². The first kappa shape index (κ1) is 19.1. The maximum atomic E-state index is 12.3. The molecule has 0 unspecified atom stereocenters. The minimum absolute atomic E-state index is 0.0794. The van der Waals surface area contributed by atoms with Gasteiger partial charge in [0.1, 0.15) is 4.88 Å². The number of esters is 1. The number of methoxy groups -OCH3 is 1. The first-order valence-electron chi connectivity index (χ1n) is 8.08. The highest BCUT2D eigenvalue weighted by Crippen LogP contribution is 2.35. The van der Waals surface area contributed by atoms with E-state index in [1.54, 1.807) is 6.07 Å². The van der Waals surface area contributed by atoms with Crippen LogP contribution in [0.2, 0.25) is 0 Å². The van der Waals surface area contributed by atoms with Gasteiger partial charge in [0.25, 0.3) is 5.69 Å². The largest absolute Gasteiger partial charge is 0.465 e. The summed E-state index contributed by atoms with van der Waals surface area (Å²) in [5.41, 5.74) is 1.52. The Kier molecular flexibility index (Phi) is 5.66. The Morgan fingerprint density at radius 2 is 1.71 bits per heavy atom. The molecule has 2 aromatic carbocycles. The SMILES string of the molecule is COC(=O)c1sc(-c2ccccc2)cc1NC(=O)Nc1ccc([N+](=O)[O-])cc1. The van der Waals surface area contributed by atoms with Gasteiger partial charge in [-0.3, -0.25) is 10.1 Å². The number of nitro groups is 1. The Balaban J connectivity index is 1.80. The van der Waals surface area contributed by atoms with Crippen LogP contribution in [0.1, 0.15) is 9.67 Å². The third-order valence-corrected chi connectivity index (χ3v) is 4.91. The highest BCUT2D eigenvalue weighted by Gasteiger charge is 2.19. The molecule has 28 heavy (non-hydrogen) atoms. The number of anilines is 2. The molecule has 8 nitrogen and oxygen atoms in total. The van der Waals surface area contributed by atoms with Crippen molar-refractivity contribution < 1.29 is 19.2 Å². The third kappa shape index (κ3) is 4.33. The van der Waals surface area contributed by atoms with Crippen molar-refractivity contribution in [1.29, 1.82) is 0 Å². The molecular weight excluding hydrogens is 382 g/mol. The second-order valence-corrected chi connectivity index (χ2v) is 6.65. The number of urea groups is 1. The smallest absolute Gasteiger partial charge is 0.350 e. The fourth-order valence-corrected chi connectivity index (χ4v) is 3.46. The van der Waals surface area contributed by atoms with E-state index in [1.165, 1.54) is 42.7 Å². The van der Waals surface area contributed by atoms with Crippen molar-refractivity contribution in [3.05, 3.63) is 75.7 Å². The third-order valence-electron chi connectivity index (χ3n) is 3.75. The zero-order chi connectivity index (χ0) is 20.1. The number of benzene rings is 2.